The van der Waals surface area contributed by atoms with Gasteiger partial charge in [-0.25, -0.2) is 9.59 Å². The molecule has 19 heteroatoms. The van der Waals surface area contributed by atoms with Gasteiger partial charge in [0.25, 0.3) is 11.5 Å². The average molecular weight is 639 g/mol. The molecule has 2 unspecified atom stereocenters. The molecule has 0 saturated carbocycles. The smallest absolute Gasteiger partial charge is 0.333 e. The number of aliphatic hydroxyl groups excluding tert-OH is 4. The Labute approximate surface area is 255 Å². The predicted molar refractivity (Wildman–Crippen MR) is 160 cm³/mol. The number of nitrogen functional groups attached to an aromatic ring is 1. The van der Waals surface area contributed by atoms with E-state index in [-0.39, 0.29) is 42.4 Å². The Kier molecular flexibility index (Phi) is 13.2. The van der Waals surface area contributed by atoms with Crippen LogP contribution in [0.1, 0.15) is 30.1 Å². The molecule has 1 aromatic carbocycles. The van der Waals surface area contributed by atoms with Crippen molar-refractivity contribution in [3.05, 3.63) is 40.2 Å². The highest BCUT2D eigenvalue weighted by Gasteiger charge is 2.43. The molecule has 248 valence electrons. The molecular formula is C26H38N8O11. The first-order chi connectivity index (χ1) is 21.2. The zero-order valence-electron chi connectivity index (χ0n) is 24.1. The Bertz CT molecular complexity index is 1390. The summed E-state index contributed by atoms with van der Waals surface area (Å²) in [5.74, 6) is -2.76. The fourth-order valence-electron chi connectivity index (χ4n) is 3.99. The van der Waals surface area contributed by atoms with Crippen LogP contribution in [0.5, 0.6) is 0 Å². The van der Waals surface area contributed by atoms with Crippen LogP contribution in [0, 0.1) is 0 Å². The van der Waals surface area contributed by atoms with Gasteiger partial charge < -0.3 is 68.2 Å². The van der Waals surface area contributed by atoms with Crippen molar-refractivity contribution in [3.8, 4) is 0 Å². The lowest BCUT2D eigenvalue weighted by molar-refractivity contribution is -0.141. The number of aldehydes is 1. The van der Waals surface area contributed by atoms with E-state index in [1.165, 1.54) is 12.1 Å². The lowest BCUT2D eigenvalue weighted by atomic mass is 9.96. The number of hydrogen-bond donors (Lipinski definition) is 13. The van der Waals surface area contributed by atoms with Gasteiger partial charge in [-0.1, -0.05) is 13.3 Å². The van der Waals surface area contributed by atoms with Crippen molar-refractivity contribution in [2.24, 2.45) is 5.73 Å². The van der Waals surface area contributed by atoms with Gasteiger partial charge in [0.1, 0.15) is 36.3 Å². The Hall–Kier alpha value is -4.82. The molecule has 0 saturated heterocycles. The number of carbonyl (C=O) groups is 4. The van der Waals surface area contributed by atoms with Gasteiger partial charge in [-0.05, 0) is 30.7 Å². The summed E-state index contributed by atoms with van der Waals surface area (Å²) < 4.78 is 0. The molecule has 0 spiro atoms. The molecule has 45 heavy (non-hydrogen) atoms. The van der Waals surface area contributed by atoms with Crippen LogP contribution < -0.4 is 38.3 Å². The molecule has 2 heterocycles. The number of carboxylic acids is 2. The first-order valence-corrected chi connectivity index (χ1v) is 13.6. The number of aliphatic hydroxyl groups is 4. The van der Waals surface area contributed by atoms with Crippen LogP contribution in [0.25, 0.3) is 0 Å². The number of rotatable bonds is 14. The van der Waals surface area contributed by atoms with Gasteiger partial charge >= 0.3 is 11.9 Å². The third kappa shape index (κ3) is 9.58. The van der Waals surface area contributed by atoms with Crippen LogP contribution in [0.4, 0.5) is 23.1 Å². The first kappa shape index (κ1) is 36.4. The third-order valence-electron chi connectivity index (χ3n) is 6.67. The molecule has 1 aliphatic heterocycles. The number of aromatic nitrogens is 2. The Morgan fingerprint density at radius 1 is 1.13 bits per heavy atom. The summed E-state index contributed by atoms with van der Waals surface area (Å²) in [5.41, 5.74) is 9.13. The lowest BCUT2D eigenvalue weighted by Crippen LogP contribution is -2.59. The third-order valence-corrected chi connectivity index (χ3v) is 6.67. The fourth-order valence-corrected chi connectivity index (χ4v) is 3.99. The van der Waals surface area contributed by atoms with E-state index in [1.807, 2.05) is 6.92 Å². The minimum absolute atomic E-state index is 0.0354. The van der Waals surface area contributed by atoms with Gasteiger partial charge in [-0.2, -0.15) is 4.98 Å². The summed E-state index contributed by atoms with van der Waals surface area (Å²) in [4.78, 5) is 64.0. The lowest BCUT2D eigenvalue weighted by Gasteiger charge is -2.36. The van der Waals surface area contributed by atoms with Crippen molar-refractivity contribution in [3.63, 3.8) is 0 Å². The molecule has 6 atom stereocenters. The molecule has 1 aromatic heterocycles. The van der Waals surface area contributed by atoms with Crippen molar-refractivity contribution in [2.75, 3.05) is 41.4 Å². The Balaban J connectivity index is 0.000000498. The number of amides is 1. The highest BCUT2D eigenvalue weighted by molar-refractivity contribution is 5.97. The number of H-pyrrole nitrogens is 1. The zero-order valence-corrected chi connectivity index (χ0v) is 24.1. The molecule has 2 aromatic rings. The fraction of sp³-hybridized carbons (Fsp3) is 0.462. The minimum atomic E-state index is -1.62. The first-order valence-electron chi connectivity index (χ1n) is 13.6. The summed E-state index contributed by atoms with van der Waals surface area (Å²) in [6, 6.07) is 3.89. The molecule has 19 nitrogen and oxygen atoms in total. The van der Waals surface area contributed by atoms with Gasteiger partial charge in [0.05, 0.1) is 25.7 Å². The Morgan fingerprint density at radius 3 is 2.31 bits per heavy atom. The van der Waals surface area contributed by atoms with Crippen molar-refractivity contribution in [1.29, 1.82) is 0 Å². The second-order valence-electron chi connectivity index (χ2n) is 10.1. The van der Waals surface area contributed by atoms with E-state index in [0.29, 0.717) is 18.5 Å². The van der Waals surface area contributed by atoms with Crippen LogP contribution in [-0.4, -0.2) is 120 Å². The van der Waals surface area contributed by atoms with E-state index < -0.39 is 65.9 Å². The number of nitrogens with zero attached hydrogens (tertiary/aromatic N) is 1. The number of nitrogens with one attached hydrogen (secondary N) is 5. The molecule has 0 radical (unpaired) electrons. The second kappa shape index (κ2) is 16.3. The number of anilines is 4. The summed E-state index contributed by atoms with van der Waals surface area (Å²) in [6.45, 7) is 0.933. The molecule has 1 amide bonds. The van der Waals surface area contributed by atoms with Crippen LogP contribution in [0.15, 0.2) is 29.1 Å². The average Bonchev–Trinajstić information content (AvgIpc) is 3.02. The second-order valence-corrected chi connectivity index (χ2v) is 10.1. The monoisotopic (exact) mass is 638 g/mol. The maximum absolute atomic E-state index is 12.3. The number of aromatic amines is 1. The maximum atomic E-state index is 12.3. The van der Waals surface area contributed by atoms with Crippen molar-refractivity contribution < 1.29 is 49.8 Å². The highest BCUT2D eigenvalue weighted by Crippen LogP contribution is 2.26. The predicted octanol–water partition coefficient (Wildman–Crippen LogP) is -3.30. The summed E-state index contributed by atoms with van der Waals surface area (Å²) >= 11 is 0. The van der Waals surface area contributed by atoms with Gasteiger partial charge in [-0.15, -0.1) is 0 Å². The number of aliphatic carboxylic acids is 2. The number of hydrogen-bond acceptors (Lipinski definition) is 15. The summed E-state index contributed by atoms with van der Waals surface area (Å²) in [5, 5.41) is 65.2. The number of fused-ring (bicyclic) bond motifs is 1. The number of benzene rings is 1. The summed E-state index contributed by atoms with van der Waals surface area (Å²) in [7, 11) is 0. The van der Waals surface area contributed by atoms with Gasteiger partial charge in [-0.3, -0.25) is 14.6 Å². The van der Waals surface area contributed by atoms with E-state index in [9.17, 15) is 34.2 Å². The largest absolute Gasteiger partial charge is 0.480 e. The maximum Gasteiger partial charge on any atom is 0.333 e. The van der Waals surface area contributed by atoms with Crippen LogP contribution in [0.3, 0.4) is 0 Å². The highest BCUT2D eigenvalue weighted by atomic mass is 16.4. The Morgan fingerprint density at radius 2 is 1.78 bits per heavy atom. The summed E-state index contributed by atoms with van der Waals surface area (Å²) in [6.07, 6.45) is -3.51. The van der Waals surface area contributed by atoms with Crippen LogP contribution >= 0.6 is 0 Å². The standard InChI is InChI=1S/C20H25N7O6.C6H13NO5/c1-2-3-12(17(30)31)24-15(28)10-4-6-11(7-5-10)22-8-20(18(32)33)9-23-14-13(27-20)16(29)26-19(21)25-14;7-3(1-8)5(11)6(12)4(10)2-9/h4-7,12,22,27H,2-3,8-9H2,1H3,(H,24,28)(H,30,31)(H,32,33)(H4,21,23,25,26,29);1,3-6,9-12H,2,7H2/t;3-,4+,5+,6+/m.0/s1. The zero-order chi connectivity index (χ0) is 33.9. The molecule has 0 aliphatic carbocycles. The van der Waals surface area contributed by atoms with E-state index in [4.69, 9.17) is 31.9 Å². The van der Waals surface area contributed by atoms with Crippen LogP contribution in [0.2, 0.25) is 0 Å². The van der Waals surface area contributed by atoms with Gasteiger partial charge in [0.15, 0.2) is 11.4 Å². The SMILES string of the molecule is CCCC(NC(=O)c1ccc(NCC2(C(=O)O)CNc3nc(N)[nH]c(=O)c3N2)cc1)C(=O)O.N[C@@H](C=O)[C@@H](O)[C@H](O)[C@H](O)CO. The van der Waals surface area contributed by atoms with E-state index in [2.05, 4.69) is 31.2 Å². The number of carbonyl (C=O) groups excluding carboxylic acids is 2. The number of carboxylic acid groups (broad SMARTS) is 2. The topological polar surface area (TPSA) is 336 Å². The molecule has 3 rings (SSSR count). The molecule has 0 fully saturated rings. The van der Waals surface area contributed by atoms with Gasteiger partial charge in [0.2, 0.25) is 5.95 Å². The number of nitrogens with two attached hydrogens (primary N) is 2. The van der Waals surface area contributed by atoms with Crippen molar-refractivity contribution in [2.45, 2.75) is 55.7 Å². The minimum Gasteiger partial charge on any atom is -0.480 e. The van der Waals surface area contributed by atoms with E-state index in [0.717, 1.165) is 0 Å². The molecule has 15 N–H and O–H groups in total. The van der Waals surface area contributed by atoms with Crippen molar-refractivity contribution in [1.82, 2.24) is 15.3 Å². The van der Waals surface area contributed by atoms with Crippen LogP contribution in [-0.2, 0) is 14.4 Å². The quantitative estimate of drug-likeness (QED) is 0.0901. The van der Waals surface area contributed by atoms with E-state index in [1.54, 1.807) is 12.1 Å². The van der Waals surface area contributed by atoms with Gasteiger partial charge in [0, 0.05) is 11.3 Å². The molecule has 1 aliphatic rings. The van der Waals surface area contributed by atoms with Crippen molar-refractivity contribution >= 4 is 47.3 Å². The normalized spacial score (nSPS) is 18.5. The molecular weight excluding hydrogens is 600 g/mol. The van der Waals surface area contributed by atoms with E-state index >= 15 is 0 Å². The molecule has 0 bridgehead atoms.